The van der Waals surface area contributed by atoms with Gasteiger partial charge >= 0.3 is 0 Å². The van der Waals surface area contributed by atoms with Gasteiger partial charge in [0.05, 0.1) is 11.7 Å². The average Bonchev–Trinajstić information content (AvgIpc) is 3.32. The molecule has 0 fully saturated rings. The van der Waals surface area contributed by atoms with Crippen molar-refractivity contribution in [1.82, 2.24) is 25.1 Å². The van der Waals surface area contributed by atoms with Gasteiger partial charge in [-0.05, 0) is 42.8 Å². The first-order valence-corrected chi connectivity index (χ1v) is 8.52. The predicted octanol–water partition coefficient (Wildman–Crippen LogP) is 3.89. The Hall–Kier alpha value is -3.12. The van der Waals surface area contributed by atoms with Crippen LogP contribution in [0.4, 0.5) is 0 Å². The van der Waals surface area contributed by atoms with Crippen molar-refractivity contribution in [1.29, 1.82) is 0 Å². The monoisotopic (exact) mass is 365 g/mol. The van der Waals surface area contributed by atoms with Crippen LogP contribution in [-0.2, 0) is 0 Å². The fraction of sp³-hybridized carbons (Fsp3) is 0.105. The summed E-state index contributed by atoms with van der Waals surface area (Å²) in [6.07, 6.45) is 3.13. The summed E-state index contributed by atoms with van der Waals surface area (Å²) in [5.74, 6) is -0.176. The van der Waals surface area contributed by atoms with Crippen LogP contribution >= 0.6 is 11.6 Å². The summed E-state index contributed by atoms with van der Waals surface area (Å²) in [5.41, 5.74) is 3.23. The third-order valence-corrected chi connectivity index (χ3v) is 4.61. The highest BCUT2D eigenvalue weighted by Gasteiger charge is 2.14. The van der Waals surface area contributed by atoms with Gasteiger partial charge in [0.2, 0.25) is 0 Å². The molecule has 4 rings (SSSR count). The number of halogens is 1. The molecular weight excluding hydrogens is 350 g/mol. The summed E-state index contributed by atoms with van der Waals surface area (Å²) in [7, 11) is 0. The smallest absolute Gasteiger partial charge is 0.268 e. The molecule has 1 amide bonds. The molecule has 0 aliphatic heterocycles. The van der Waals surface area contributed by atoms with Gasteiger partial charge in [-0.2, -0.15) is 5.10 Å². The SMILES string of the molecule is CC(NC(=O)c1cc2c(Cl)cccc2[nH]1)c1ccc(-n2cncn2)cc1. The molecule has 0 spiro atoms. The van der Waals surface area contributed by atoms with Crippen molar-refractivity contribution in [2.75, 3.05) is 0 Å². The minimum absolute atomic E-state index is 0.144. The average molecular weight is 366 g/mol. The van der Waals surface area contributed by atoms with Gasteiger partial charge in [-0.25, -0.2) is 9.67 Å². The van der Waals surface area contributed by atoms with Gasteiger partial charge in [-0.1, -0.05) is 29.8 Å². The molecule has 2 aromatic heterocycles. The third kappa shape index (κ3) is 3.07. The molecule has 2 N–H and O–H groups in total. The highest BCUT2D eigenvalue weighted by atomic mass is 35.5. The normalized spacial score (nSPS) is 12.2. The first kappa shape index (κ1) is 16.4. The number of amides is 1. The Bertz CT molecular complexity index is 1050. The van der Waals surface area contributed by atoms with Crippen LogP contribution in [0.3, 0.4) is 0 Å². The van der Waals surface area contributed by atoms with Gasteiger partial charge in [0.1, 0.15) is 18.3 Å². The summed E-state index contributed by atoms with van der Waals surface area (Å²) in [6, 6.07) is 15.0. The van der Waals surface area contributed by atoms with Gasteiger partial charge in [0.25, 0.3) is 5.91 Å². The number of aromatic nitrogens is 4. The second-order valence-corrected chi connectivity index (χ2v) is 6.42. The van der Waals surface area contributed by atoms with Crippen LogP contribution in [0.25, 0.3) is 16.6 Å². The lowest BCUT2D eigenvalue weighted by Crippen LogP contribution is -2.26. The van der Waals surface area contributed by atoms with Crippen molar-refractivity contribution in [2.45, 2.75) is 13.0 Å². The molecule has 26 heavy (non-hydrogen) atoms. The van der Waals surface area contributed by atoms with Gasteiger partial charge in [-0.15, -0.1) is 0 Å². The summed E-state index contributed by atoms with van der Waals surface area (Å²) in [6.45, 7) is 1.94. The Labute approximate surface area is 154 Å². The van der Waals surface area contributed by atoms with Crippen molar-refractivity contribution >= 4 is 28.4 Å². The van der Waals surface area contributed by atoms with Crippen LogP contribution in [0.5, 0.6) is 0 Å². The van der Waals surface area contributed by atoms with Crippen molar-refractivity contribution in [2.24, 2.45) is 0 Å². The first-order valence-electron chi connectivity index (χ1n) is 8.15. The van der Waals surface area contributed by atoms with Crippen LogP contribution in [0.2, 0.25) is 5.02 Å². The number of nitrogens with zero attached hydrogens (tertiary/aromatic N) is 3. The Kier molecular flexibility index (Phi) is 4.18. The molecule has 130 valence electrons. The van der Waals surface area contributed by atoms with E-state index >= 15 is 0 Å². The second kappa shape index (κ2) is 6.65. The maximum absolute atomic E-state index is 12.6. The lowest BCUT2D eigenvalue weighted by molar-refractivity contribution is 0.0935. The highest BCUT2D eigenvalue weighted by molar-refractivity contribution is 6.35. The largest absolute Gasteiger partial charge is 0.350 e. The number of hydrogen-bond donors (Lipinski definition) is 2. The van der Waals surface area contributed by atoms with Crippen LogP contribution in [-0.4, -0.2) is 25.7 Å². The molecule has 1 atom stereocenters. The lowest BCUT2D eigenvalue weighted by Gasteiger charge is -2.14. The number of hydrogen-bond acceptors (Lipinski definition) is 3. The minimum Gasteiger partial charge on any atom is -0.350 e. The predicted molar refractivity (Wildman–Crippen MR) is 101 cm³/mol. The van der Waals surface area contributed by atoms with E-state index in [-0.39, 0.29) is 11.9 Å². The van der Waals surface area contributed by atoms with Gasteiger partial charge < -0.3 is 10.3 Å². The molecule has 0 aliphatic carbocycles. The number of rotatable bonds is 4. The van der Waals surface area contributed by atoms with Crippen molar-refractivity contribution in [3.63, 3.8) is 0 Å². The van der Waals surface area contributed by atoms with E-state index in [9.17, 15) is 4.79 Å². The van der Waals surface area contributed by atoms with Crippen LogP contribution in [0.1, 0.15) is 29.0 Å². The van der Waals surface area contributed by atoms with E-state index in [1.165, 1.54) is 6.33 Å². The highest BCUT2D eigenvalue weighted by Crippen LogP contribution is 2.24. The zero-order chi connectivity index (χ0) is 18.1. The number of fused-ring (bicyclic) bond motifs is 1. The molecule has 2 heterocycles. The van der Waals surface area contributed by atoms with Crippen LogP contribution in [0.15, 0.2) is 61.2 Å². The number of nitrogens with one attached hydrogen (secondary N) is 2. The molecule has 1 unspecified atom stereocenters. The molecule has 6 nitrogen and oxygen atoms in total. The number of carbonyl (C=O) groups is 1. The van der Waals surface area contributed by atoms with E-state index in [1.54, 1.807) is 23.1 Å². The molecule has 0 saturated heterocycles. The fourth-order valence-electron chi connectivity index (χ4n) is 2.86. The van der Waals surface area contributed by atoms with Crippen LogP contribution in [0, 0.1) is 0 Å². The van der Waals surface area contributed by atoms with Crippen molar-refractivity contribution < 1.29 is 4.79 Å². The maximum atomic E-state index is 12.6. The molecular formula is C19H16ClN5O. The van der Waals surface area contributed by atoms with E-state index < -0.39 is 0 Å². The Morgan fingerprint density at radius 3 is 2.73 bits per heavy atom. The van der Waals surface area contributed by atoms with E-state index in [1.807, 2.05) is 43.3 Å². The number of benzene rings is 2. The molecule has 4 aromatic rings. The third-order valence-electron chi connectivity index (χ3n) is 4.28. The molecule has 0 radical (unpaired) electrons. The van der Waals surface area contributed by atoms with Gasteiger partial charge in [0, 0.05) is 15.9 Å². The summed E-state index contributed by atoms with van der Waals surface area (Å²) < 4.78 is 1.68. The van der Waals surface area contributed by atoms with Gasteiger partial charge in [-0.3, -0.25) is 4.79 Å². The topological polar surface area (TPSA) is 75.6 Å². The molecule has 0 bridgehead atoms. The maximum Gasteiger partial charge on any atom is 0.268 e. The van der Waals surface area contributed by atoms with E-state index in [0.29, 0.717) is 10.7 Å². The standard InChI is InChI=1S/C19H16ClN5O/c1-12(13-5-7-14(8-6-13)25-11-21-10-22-25)23-19(26)18-9-15-16(20)3-2-4-17(15)24-18/h2-12,24H,1H3,(H,23,26). The lowest BCUT2D eigenvalue weighted by atomic mass is 10.1. The first-order chi connectivity index (χ1) is 12.6. The molecule has 2 aromatic carbocycles. The number of H-pyrrole nitrogens is 1. The minimum atomic E-state index is -0.176. The Morgan fingerprint density at radius 1 is 1.23 bits per heavy atom. The molecule has 0 aliphatic rings. The zero-order valence-corrected chi connectivity index (χ0v) is 14.7. The molecule has 7 heteroatoms. The number of aromatic amines is 1. The molecule has 0 saturated carbocycles. The fourth-order valence-corrected chi connectivity index (χ4v) is 3.08. The number of carbonyl (C=O) groups excluding carboxylic acids is 1. The summed E-state index contributed by atoms with van der Waals surface area (Å²) in [4.78, 5) is 19.6. The Balaban J connectivity index is 1.50. The van der Waals surface area contributed by atoms with Crippen molar-refractivity contribution in [3.8, 4) is 5.69 Å². The summed E-state index contributed by atoms with van der Waals surface area (Å²) in [5, 5.41) is 8.55. The van der Waals surface area contributed by atoms with E-state index in [2.05, 4.69) is 20.4 Å². The van der Waals surface area contributed by atoms with Gasteiger partial charge in [0.15, 0.2) is 0 Å². The van der Waals surface area contributed by atoms with E-state index in [0.717, 1.165) is 22.2 Å². The second-order valence-electron chi connectivity index (χ2n) is 6.01. The zero-order valence-electron chi connectivity index (χ0n) is 14.0. The Morgan fingerprint density at radius 2 is 2.04 bits per heavy atom. The van der Waals surface area contributed by atoms with Crippen molar-refractivity contribution in [3.05, 3.63) is 77.5 Å². The quantitative estimate of drug-likeness (QED) is 0.576. The van der Waals surface area contributed by atoms with E-state index in [4.69, 9.17) is 11.6 Å². The summed E-state index contributed by atoms with van der Waals surface area (Å²) >= 11 is 6.17. The van der Waals surface area contributed by atoms with Crippen LogP contribution < -0.4 is 5.32 Å².